The summed E-state index contributed by atoms with van der Waals surface area (Å²) in [6.07, 6.45) is 5.63. The van der Waals surface area contributed by atoms with Crippen molar-refractivity contribution in [3.8, 4) is 22.5 Å². The van der Waals surface area contributed by atoms with Crippen LogP contribution in [0.1, 0.15) is 54.7 Å². The molecule has 2 aliphatic heterocycles. The van der Waals surface area contributed by atoms with Crippen molar-refractivity contribution in [1.29, 1.82) is 0 Å². The van der Waals surface area contributed by atoms with Crippen molar-refractivity contribution in [2.75, 3.05) is 10.6 Å². The van der Waals surface area contributed by atoms with E-state index < -0.39 is 0 Å². The molecule has 2 aliphatic rings. The fourth-order valence-corrected chi connectivity index (χ4v) is 8.99. The molecule has 2 N–H and O–H groups in total. The summed E-state index contributed by atoms with van der Waals surface area (Å²) in [6, 6.07) is 16.6. The summed E-state index contributed by atoms with van der Waals surface area (Å²) in [5, 5.41) is 7.37. The molecule has 2 aromatic heterocycles. The number of thiazole rings is 2. The summed E-state index contributed by atoms with van der Waals surface area (Å²) in [5.41, 5.74) is 4.33. The van der Waals surface area contributed by atoms with Gasteiger partial charge in [0.2, 0.25) is 11.8 Å². The lowest BCUT2D eigenvalue weighted by atomic mass is 10.1. The molecule has 200 valence electrons. The fourth-order valence-electron chi connectivity index (χ4n) is 4.75. The van der Waals surface area contributed by atoms with Crippen molar-refractivity contribution < 1.29 is 9.59 Å². The number of hydrogen-bond donors (Lipinski definition) is 2. The zero-order chi connectivity index (χ0) is 26.6. The van der Waals surface area contributed by atoms with Crippen LogP contribution in [-0.4, -0.2) is 21.8 Å². The molecule has 10 heteroatoms. The van der Waals surface area contributed by atoms with Crippen LogP contribution in [0.5, 0.6) is 0 Å². The van der Waals surface area contributed by atoms with Gasteiger partial charge in [-0.05, 0) is 25.0 Å². The van der Waals surface area contributed by atoms with Crippen LogP contribution in [0.4, 0.5) is 10.3 Å². The van der Waals surface area contributed by atoms with Gasteiger partial charge in [-0.1, -0.05) is 55.7 Å². The minimum absolute atomic E-state index is 0.0218. The van der Waals surface area contributed by atoms with Crippen LogP contribution >= 0.6 is 46.2 Å². The van der Waals surface area contributed by atoms with Crippen molar-refractivity contribution >= 4 is 68.3 Å². The number of aromatic nitrogens is 2. The Morgan fingerprint density at radius 1 is 0.641 bits per heavy atom. The summed E-state index contributed by atoms with van der Waals surface area (Å²) >= 11 is 6.80. The first-order valence-corrected chi connectivity index (χ1v) is 16.8. The summed E-state index contributed by atoms with van der Waals surface area (Å²) in [5.74, 6) is 1.84. The number of unbranched alkanes of at least 4 members (excludes halogenated alkanes) is 4. The van der Waals surface area contributed by atoms with Crippen molar-refractivity contribution in [2.45, 2.75) is 66.2 Å². The summed E-state index contributed by atoms with van der Waals surface area (Å²) < 4.78 is 0. The zero-order valence-electron chi connectivity index (χ0n) is 21.3. The first-order chi connectivity index (χ1) is 19.1. The van der Waals surface area contributed by atoms with Crippen LogP contribution in [0.2, 0.25) is 0 Å². The molecule has 0 aliphatic carbocycles. The highest BCUT2D eigenvalue weighted by Crippen LogP contribution is 2.45. The van der Waals surface area contributed by atoms with E-state index in [-0.39, 0.29) is 11.8 Å². The Kier molecular flexibility index (Phi) is 8.34. The Morgan fingerprint density at radius 3 is 1.56 bits per heavy atom. The molecule has 0 unspecified atom stereocenters. The number of rotatable bonds is 10. The third-order valence-electron chi connectivity index (χ3n) is 6.70. The Morgan fingerprint density at radius 2 is 1.08 bits per heavy atom. The van der Waals surface area contributed by atoms with Crippen LogP contribution in [0, 0.1) is 0 Å². The number of amides is 2. The Labute approximate surface area is 244 Å². The third kappa shape index (κ3) is 6.24. The second-order valence-corrected chi connectivity index (χ2v) is 13.7. The SMILES string of the molecule is O=C(CCCCCCCC(=O)Nc1nc2c(s1)CSc1ccccc1-2)Nc1nc2c(s1)CSc1ccccc1-2. The smallest absolute Gasteiger partial charge is 0.226 e. The van der Waals surface area contributed by atoms with Crippen LogP contribution in [0.15, 0.2) is 58.3 Å². The first kappa shape index (κ1) is 26.6. The molecule has 0 saturated heterocycles. The van der Waals surface area contributed by atoms with E-state index in [1.54, 1.807) is 22.7 Å². The molecule has 0 saturated carbocycles. The number of nitrogens with zero attached hydrogens (tertiary/aromatic N) is 2. The predicted octanol–water partition coefficient (Wildman–Crippen LogP) is 8.45. The van der Waals surface area contributed by atoms with Crippen molar-refractivity contribution in [2.24, 2.45) is 0 Å². The van der Waals surface area contributed by atoms with Gasteiger partial charge in [0.25, 0.3) is 0 Å². The number of benzene rings is 2. The van der Waals surface area contributed by atoms with E-state index in [0.29, 0.717) is 23.1 Å². The van der Waals surface area contributed by atoms with E-state index in [0.717, 1.165) is 66.1 Å². The lowest BCUT2D eigenvalue weighted by Crippen LogP contribution is -2.11. The van der Waals surface area contributed by atoms with Gasteiger partial charge in [0.05, 0.1) is 11.4 Å². The summed E-state index contributed by atoms with van der Waals surface area (Å²) in [4.78, 5) is 39.3. The number of anilines is 2. The minimum atomic E-state index is 0.0218. The molecule has 0 fully saturated rings. The molecular weight excluding hydrogens is 565 g/mol. The fraction of sp³-hybridized carbons (Fsp3) is 0.310. The van der Waals surface area contributed by atoms with E-state index in [1.165, 1.54) is 19.5 Å². The average Bonchev–Trinajstić information content (AvgIpc) is 3.56. The highest BCUT2D eigenvalue weighted by Gasteiger charge is 2.23. The van der Waals surface area contributed by atoms with Gasteiger partial charge in [0.15, 0.2) is 10.3 Å². The first-order valence-electron chi connectivity index (χ1n) is 13.2. The molecule has 0 bridgehead atoms. The third-order valence-corrected chi connectivity index (χ3v) is 11.2. The Bertz CT molecular complexity index is 1400. The second-order valence-electron chi connectivity index (χ2n) is 9.52. The van der Waals surface area contributed by atoms with E-state index in [1.807, 2.05) is 47.8 Å². The number of thioether (sulfide) groups is 2. The minimum Gasteiger partial charge on any atom is -0.302 e. The molecule has 4 heterocycles. The maximum Gasteiger partial charge on any atom is 0.226 e. The molecular formula is C29H28N4O2S4. The molecule has 2 amide bonds. The molecule has 0 spiro atoms. The van der Waals surface area contributed by atoms with Gasteiger partial charge < -0.3 is 10.6 Å². The van der Waals surface area contributed by atoms with E-state index in [9.17, 15) is 9.59 Å². The molecule has 6 nitrogen and oxygen atoms in total. The van der Waals surface area contributed by atoms with Crippen LogP contribution in [0.25, 0.3) is 22.5 Å². The van der Waals surface area contributed by atoms with Crippen molar-refractivity contribution in [3.05, 3.63) is 58.3 Å². The molecule has 6 rings (SSSR count). The largest absolute Gasteiger partial charge is 0.302 e. The van der Waals surface area contributed by atoms with Gasteiger partial charge in [0.1, 0.15) is 0 Å². The van der Waals surface area contributed by atoms with Crippen LogP contribution < -0.4 is 10.6 Å². The monoisotopic (exact) mass is 592 g/mol. The van der Waals surface area contributed by atoms with Gasteiger partial charge in [-0.25, -0.2) is 9.97 Å². The highest BCUT2D eigenvalue weighted by atomic mass is 32.2. The lowest BCUT2D eigenvalue weighted by molar-refractivity contribution is -0.117. The van der Waals surface area contributed by atoms with Gasteiger partial charge in [-0.15, -0.1) is 46.2 Å². The highest BCUT2D eigenvalue weighted by molar-refractivity contribution is 7.99. The normalized spacial score (nSPS) is 13.1. The van der Waals surface area contributed by atoms with Crippen LogP contribution in [0.3, 0.4) is 0 Å². The van der Waals surface area contributed by atoms with E-state index in [2.05, 4.69) is 34.9 Å². The van der Waals surface area contributed by atoms with Crippen LogP contribution in [-0.2, 0) is 21.1 Å². The van der Waals surface area contributed by atoms with Gasteiger partial charge >= 0.3 is 0 Å². The quantitative estimate of drug-likeness (QED) is 0.180. The molecule has 0 atom stereocenters. The average molecular weight is 593 g/mol. The topological polar surface area (TPSA) is 84.0 Å². The predicted molar refractivity (Wildman–Crippen MR) is 164 cm³/mol. The number of fused-ring (bicyclic) bond motifs is 6. The van der Waals surface area contributed by atoms with Gasteiger partial charge in [-0.2, -0.15) is 0 Å². The maximum absolute atomic E-state index is 12.5. The number of hydrogen-bond acceptors (Lipinski definition) is 8. The Hall–Kier alpha value is -2.66. The second kappa shape index (κ2) is 12.2. The zero-order valence-corrected chi connectivity index (χ0v) is 24.6. The Balaban J connectivity index is 0.875. The molecule has 4 aromatic rings. The van der Waals surface area contributed by atoms with Crippen molar-refractivity contribution in [1.82, 2.24) is 9.97 Å². The van der Waals surface area contributed by atoms with Gasteiger partial charge in [-0.3, -0.25) is 9.59 Å². The number of nitrogens with one attached hydrogen (secondary N) is 2. The molecule has 0 radical (unpaired) electrons. The summed E-state index contributed by atoms with van der Waals surface area (Å²) in [6.45, 7) is 0. The lowest BCUT2D eigenvalue weighted by Gasteiger charge is -2.13. The number of carbonyl (C=O) groups excluding carboxylic acids is 2. The summed E-state index contributed by atoms with van der Waals surface area (Å²) in [7, 11) is 0. The van der Waals surface area contributed by atoms with E-state index >= 15 is 0 Å². The maximum atomic E-state index is 12.5. The molecule has 39 heavy (non-hydrogen) atoms. The molecule has 2 aromatic carbocycles. The van der Waals surface area contributed by atoms with E-state index in [4.69, 9.17) is 9.97 Å². The van der Waals surface area contributed by atoms with Gasteiger partial charge in [0, 0.05) is 55.0 Å². The standard InChI is InChI=1S/C29H28N4O2S4/c34-24(30-28-32-26-18-10-6-8-12-20(18)36-16-22(26)38-28)14-4-2-1-3-5-15-25(35)31-29-33-27-19-11-7-9-13-21(19)37-17-23(27)39-29/h6-13H,1-5,14-17H2,(H,30,32,34)(H,31,33,35). The van der Waals surface area contributed by atoms with Crippen molar-refractivity contribution in [3.63, 3.8) is 0 Å². The number of carbonyl (C=O) groups is 2.